The molecule has 1 saturated heterocycles. The Kier molecular flexibility index (Phi) is 6.67. The Labute approximate surface area is 206 Å². The summed E-state index contributed by atoms with van der Waals surface area (Å²) in [5, 5.41) is 2.92. The van der Waals surface area contributed by atoms with Crippen LogP contribution < -0.4 is 14.3 Å². The molecule has 0 radical (unpaired) electrons. The molecule has 0 bridgehead atoms. The molecule has 1 fully saturated rings. The standard InChI is InChI=1S/C25H33N5O4S/c1-16(2)24-26-14-20(15-27-24)30(19-9-11-34-12-10-19)35(32,33)29-25(31)28-23-21-7-3-5-17(21)13-18-6-4-8-22(18)23/h13-16,19H,3-12H2,1-2H3,(H2,28,29,31). The molecular formula is C25H33N5O4S. The van der Waals surface area contributed by atoms with E-state index in [0.717, 1.165) is 55.3 Å². The predicted molar refractivity (Wildman–Crippen MR) is 134 cm³/mol. The van der Waals surface area contributed by atoms with E-state index in [0.29, 0.717) is 37.6 Å². The number of aromatic nitrogens is 2. The van der Waals surface area contributed by atoms with Gasteiger partial charge in [0.25, 0.3) is 0 Å². The van der Waals surface area contributed by atoms with Crippen LogP contribution in [0.2, 0.25) is 0 Å². The average molecular weight is 500 g/mol. The Morgan fingerprint density at radius 2 is 1.63 bits per heavy atom. The Bertz CT molecular complexity index is 1180. The monoisotopic (exact) mass is 499 g/mol. The van der Waals surface area contributed by atoms with Crippen molar-refractivity contribution >= 4 is 27.6 Å². The molecule has 2 aliphatic carbocycles. The summed E-state index contributed by atoms with van der Waals surface area (Å²) >= 11 is 0. The number of carbonyl (C=O) groups is 1. The van der Waals surface area contributed by atoms with Crippen LogP contribution in [0.3, 0.4) is 0 Å². The fourth-order valence-corrected chi connectivity index (χ4v) is 6.84. The summed E-state index contributed by atoms with van der Waals surface area (Å²) in [6.45, 7) is 4.86. The fraction of sp³-hybridized carbons (Fsp3) is 0.560. The molecule has 35 heavy (non-hydrogen) atoms. The number of ether oxygens (including phenoxy) is 1. The van der Waals surface area contributed by atoms with E-state index in [4.69, 9.17) is 4.74 Å². The maximum atomic E-state index is 13.6. The van der Waals surface area contributed by atoms with E-state index in [1.54, 1.807) is 0 Å². The molecule has 2 amide bonds. The maximum Gasteiger partial charge on any atom is 0.334 e. The highest BCUT2D eigenvalue weighted by Gasteiger charge is 2.34. The molecule has 5 rings (SSSR count). The van der Waals surface area contributed by atoms with Crippen LogP contribution in [0.25, 0.3) is 0 Å². The average Bonchev–Trinajstić information content (AvgIpc) is 3.49. The molecule has 188 valence electrons. The minimum atomic E-state index is -4.22. The summed E-state index contributed by atoms with van der Waals surface area (Å²) in [5.74, 6) is 0.756. The molecule has 1 aromatic carbocycles. The molecule has 9 nitrogen and oxygen atoms in total. The van der Waals surface area contributed by atoms with Gasteiger partial charge in [0.1, 0.15) is 5.82 Å². The molecule has 3 aliphatic rings. The Hall–Kier alpha value is -2.72. The third kappa shape index (κ3) is 4.86. The van der Waals surface area contributed by atoms with Crippen LogP contribution in [0.4, 0.5) is 16.2 Å². The van der Waals surface area contributed by atoms with Gasteiger partial charge in [0.05, 0.1) is 24.1 Å². The van der Waals surface area contributed by atoms with Gasteiger partial charge < -0.3 is 10.1 Å². The van der Waals surface area contributed by atoms with E-state index in [1.165, 1.54) is 27.8 Å². The third-order valence-electron chi connectivity index (χ3n) is 7.14. The lowest BCUT2D eigenvalue weighted by Gasteiger charge is -2.34. The lowest BCUT2D eigenvalue weighted by Crippen LogP contribution is -2.51. The van der Waals surface area contributed by atoms with Gasteiger partial charge in [-0.15, -0.1) is 0 Å². The van der Waals surface area contributed by atoms with Gasteiger partial charge in [0, 0.05) is 24.8 Å². The topological polar surface area (TPSA) is 114 Å². The van der Waals surface area contributed by atoms with Crippen LogP contribution in [-0.4, -0.2) is 43.7 Å². The highest BCUT2D eigenvalue weighted by atomic mass is 32.2. The van der Waals surface area contributed by atoms with Crippen molar-refractivity contribution in [2.75, 3.05) is 22.8 Å². The van der Waals surface area contributed by atoms with Gasteiger partial charge >= 0.3 is 16.2 Å². The van der Waals surface area contributed by atoms with Crippen LogP contribution in [-0.2, 0) is 40.6 Å². The first-order valence-electron chi connectivity index (χ1n) is 12.5. The van der Waals surface area contributed by atoms with Crippen molar-refractivity contribution in [1.29, 1.82) is 0 Å². The summed E-state index contributed by atoms with van der Waals surface area (Å²) in [6.07, 6.45) is 9.99. The smallest absolute Gasteiger partial charge is 0.334 e. The summed E-state index contributed by atoms with van der Waals surface area (Å²) < 4.78 is 36.1. The van der Waals surface area contributed by atoms with E-state index >= 15 is 0 Å². The minimum absolute atomic E-state index is 0.121. The van der Waals surface area contributed by atoms with Crippen LogP contribution in [0.1, 0.15) is 73.5 Å². The van der Waals surface area contributed by atoms with Gasteiger partial charge in [0.2, 0.25) is 0 Å². The molecule has 0 saturated carbocycles. The highest BCUT2D eigenvalue weighted by Crippen LogP contribution is 2.38. The molecule has 2 N–H and O–H groups in total. The van der Waals surface area contributed by atoms with E-state index in [2.05, 4.69) is 26.1 Å². The van der Waals surface area contributed by atoms with Crippen LogP contribution in [0.5, 0.6) is 0 Å². The SMILES string of the molecule is CC(C)c1ncc(N(C2CCOCC2)S(=O)(=O)NC(=O)Nc2c3c(cc4c2CCC4)CCC3)cn1. The van der Waals surface area contributed by atoms with Gasteiger partial charge in [-0.1, -0.05) is 19.9 Å². The maximum absolute atomic E-state index is 13.6. The largest absolute Gasteiger partial charge is 0.381 e. The number of aryl methyl sites for hydroxylation is 2. The van der Waals surface area contributed by atoms with E-state index in [1.807, 2.05) is 13.8 Å². The van der Waals surface area contributed by atoms with Crippen LogP contribution in [0.15, 0.2) is 18.5 Å². The zero-order valence-electron chi connectivity index (χ0n) is 20.3. The highest BCUT2D eigenvalue weighted by molar-refractivity contribution is 7.91. The van der Waals surface area contributed by atoms with Gasteiger partial charge in [-0.05, 0) is 73.6 Å². The first kappa shape index (κ1) is 24.0. The second-order valence-electron chi connectivity index (χ2n) is 9.89. The Morgan fingerprint density at radius 1 is 1.03 bits per heavy atom. The molecule has 1 aromatic heterocycles. The van der Waals surface area contributed by atoms with Crippen LogP contribution >= 0.6 is 0 Å². The van der Waals surface area contributed by atoms with Gasteiger partial charge in [-0.2, -0.15) is 8.42 Å². The summed E-state index contributed by atoms with van der Waals surface area (Å²) in [6, 6.07) is 1.18. The van der Waals surface area contributed by atoms with Crippen molar-refractivity contribution in [1.82, 2.24) is 14.7 Å². The molecule has 0 unspecified atom stereocenters. The lowest BCUT2D eigenvalue weighted by molar-refractivity contribution is 0.0875. The number of nitrogens with zero attached hydrogens (tertiary/aromatic N) is 3. The number of rotatable bonds is 6. The number of hydrogen-bond acceptors (Lipinski definition) is 6. The number of fused-ring (bicyclic) bond motifs is 2. The number of urea groups is 1. The first-order valence-corrected chi connectivity index (χ1v) is 14.0. The number of amides is 2. The molecular weight excluding hydrogens is 466 g/mol. The van der Waals surface area contributed by atoms with Gasteiger partial charge in [0.15, 0.2) is 0 Å². The summed E-state index contributed by atoms with van der Waals surface area (Å²) in [5.41, 5.74) is 5.99. The quantitative estimate of drug-likeness (QED) is 0.628. The number of hydrogen-bond donors (Lipinski definition) is 2. The van der Waals surface area contributed by atoms with Gasteiger partial charge in [-0.25, -0.2) is 23.8 Å². The molecule has 0 spiro atoms. The molecule has 10 heteroatoms. The number of benzene rings is 1. The molecule has 2 aromatic rings. The molecule has 2 heterocycles. The van der Waals surface area contributed by atoms with E-state index in [9.17, 15) is 13.2 Å². The van der Waals surface area contributed by atoms with Crippen molar-refractivity contribution in [3.05, 3.63) is 46.5 Å². The number of anilines is 2. The minimum Gasteiger partial charge on any atom is -0.381 e. The third-order valence-corrected chi connectivity index (χ3v) is 8.61. The van der Waals surface area contributed by atoms with Crippen LogP contribution in [0, 0.1) is 0 Å². The van der Waals surface area contributed by atoms with E-state index < -0.39 is 16.2 Å². The zero-order valence-corrected chi connectivity index (χ0v) is 21.2. The first-order chi connectivity index (χ1) is 16.8. The Balaban J connectivity index is 1.41. The summed E-state index contributed by atoms with van der Waals surface area (Å²) in [7, 11) is -4.22. The fourth-order valence-electron chi connectivity index (χ4n) is 5.48. The normalized spacial score (nSPS) is 17.8. The van der Waals surface area contributed by atoms with Gasteiger partial charge in [-0.3, -0.25) is 0 Å². The number of nitrogens with one attached hydrogen (secondary N) is 2. The van der Waals surface area contributed by atoms with Crippen molar-refractivity contribution in [3.8, 4) is 0 Å². The van der Waals surface area contributed by atoms with E-state index in [-0.39, 0.29) is 12.0 Å². The van der Waals surface area contributed by atoms with Crippen molar-refractivity contribution in [3.63, 3.8) is 0 Å². The van der Waals surface area contributed by atoms with Crippen molar-refractivity contribution in [2.45, 2.75) is 77.2 Å². The summed E-state index contributed by atoms with van der Waals surface area (Å²) in [4.78, 5) is 21.8. The zero-order chi connectivity index (χ0) is 24.6. The number of carbonyl (C=O) groups excluding carboxylic acids is 1. The lowest BCUT2D eigenvalue weighted by atomic mass is 9.99. The second kappa shape index (κ2) is 9.73. The molecule has 0 atom stereocenters. The Morgan fingerprint density at radius 3 is 2.20 bits per heavy atom. The van der Waals surface area contributed by atoms with Crippen molar-refractivity contribution < 1.29 is 17.9 Å². The van der Waals surface area contributed by atoms with Crippen molar-refractivity contribution in [2.24, 2.45) is 0 Å². The molecule has 1 aliphatic heterocycles. The second-order valence-corrected chi connectivity index (χ2v) is 11.4. The predicted octanol–water partition coefficient (Wildman–Crippen LogP) is 3.63.